The number of nitrogens with zero attached hydrogens (tertiary/aromatic N) is 3. The summed E-state index contributed by atoms with van der Waals surface area (Å²) in [4.78, 5) is 16.3. The monoisotopic (exact) mass is 409 g/mol. The van der Waals surface area contributed by atoms with E-state index in [0.29, 0.717) is 23.1 Å². The summed E-state index contributed by atoms with van der Waals surface area (Å²) in [5, 5.41) is 0.876. The number of sulfonamides is 1. The molecule has 1 aromatic carbocycles. The van der Waals surface area contributed by atoms with Gasteiger partial charge in [-0.3, -0.25) is 4.79 Å². The van der Waals surface area contributed by atoms with Crippen LogP contribution in [-0.2, 0) is 21.4 Å². The molecule has 1 aromatic rings. The van der Waals surface area contributed by atoms with Crippen LogP contribution < -0.4 is 0 Å². The third-order valence-corrected chi connectivity index (χ3v) is 5.67. The van der Waals surface area contributed by atoms with Crippen molar-refractivity contribution >= 4 is 39.1 Å². The molecule has 0 radical (unpaired) electrons. The highest BCUT2D eigenvalue weighted by Crippen LogP contribution is 2.23. The summed E-state index contributed by atoms with van der Waals surface area (Å²) >= 11 is 12.0. The van der Waals surface area contributed by atoms with E-state index < -0.39 is 10.0 Å². The lowest BCUT2D eigenvalue weighted by atomic mass is 10.2. The van der Waals surface area contributed by atoms with Crippen molar-refractivity contribution in [2.75, 3.05) is 47.0 Å². The van der Waals surface area contributed by atoms with E-state index in [-0.39, 0.29) is 12.5 Å². The highest BCUT2D eigenvalue weighted by atomic mass is 35.5. The highest BCUT2D eigenvalue weighted by molar-refractivity contribution is 7.88. The fraction of sp³-hybridized carbons (Fsp3) is 0.562. The average molecular weight is 410 g/mol. The van der Waals surface area contributed by atoms with E-state index >= 15 is 0 Å². The van der Waals surface area contributed by atoms with Gasteiger partial charge in [-0.25, -0.2) is 8.42 Å². The first-order valence-electron chi connectivity index (χ1n) is 7.78. The van der Waals surface area contributed by atoms with Crippen molar-refractivity contribution in [2.45, 2.75) is 13.0 Å². The van der Waals surface area contributed by atoms with Crippen molar-refractivity contribution < 1.29 is 13.2 Å². The van der Waals surface area contributed by atoms with Gasteiger partial charge >= 0.3 is 0 Å². The molecule has 0 aliphatic carbocycles. The average Bonchev–Trinajstić information content (AvgIpc) is 2.48. The summed E-state index contributed by atoms with van der Waals surface area (Å²) in [5.41, 5.74) is 0.842. The number of halogens is 2. The van der Waals surface area contributed by atoms with Crippen molar-refractivity contribution in [3.8, 4) is 0 Å². The Balaban J connectivity index is 2.87. The fourth-order valence-electron chi connectivity index (χ4n) is 2.14. The first kappa shape index (κ1) is 22.2. The van der Waals surface area contributed by atoms with Crippen LogP contribution >= 0.6 is 23.2 Å². The molecule has 0 aliphatic rings. The zero-order valence-corrected chi connectivity index (χ0v) is 17.3. The minimum absolute atomic E-state index is 0.192. The third-order valence-electron chi connectivity index (χ3n) is 3.67. The maximum atomic E-state index is 12.6. The molecule has 25 heavy (non-hydrogen) atoms. The zero-order chi connectivity index (χ0) is 19.2. The molecule has 0 saturated carbocycles. The van der Waals surface area contributed by atoms with E-state index in [2.05, 4.69) is 0 Å². The number of amides is 1. The van der Waals surface area contributed by atoms with Gasteiger partial charge in [0.2, 0.25) is 15.9 Å². The van der Waals surface area contributed by atoms with Gasteiger partial charge in [-0.15, -0.1) is 0 Å². The lowest BCUT2D eigenvalue weighted by Crippen LogP contribution is -2.41. The Morgan fingerprint density at radius 2 is 1.72 bits per heavy atom. The second-order valence-electron chi connectivity index (χ2n) is 6.24. The van der Waals surface area contributed by atoms with Crippen molar-refractivity contribution in [3.05, 3.63) is 33.8 Å². The first-order valence-corrected chi connectivity index (χ1v) is 10.4. The Kier molecular flexibility index (Phi) is 8.63. The third kappa shape index (κ3) is 7.92. The molecular formula is C16H25Cl2N3O3S. The predicted molar refractivity (Wildman–Crippen MR) is 103 cm³/mol. The molecule has 0 aliphatic heterocycles. The van der Waals surface area contributed by atoms with E-state index in [1.54, 1.807) is 23.1 Å². The summed E-state index contributed by atoms with van der Waals surface area (Å²) in [5.74, 6) is -0.252. The summed E-state index contributed by atoms with van der Waals surface area (Å²) in [6.45, 7) is 1.50. The quantitative estimate of drug-likeness (QED) is 0.626. The van der Waals surface area contributed by atoms with Crippen LogP contribution in [0.15, 0.2) is 18.2 Å². The van der Waals surface area contributed by atoms with Crippen LogP contribution in [0.3, 0.4) is 0 Å². The van der Waals surface area contributed by atoms with E-state index in [4.69, 9.17) is 23.2 Å². The molecule has 0 atom stereocenters. The lowest BCUT2D eigenvalue weighted by Gasteiger charge is -2.26. The SMILES string of the molecule is CN(C)CCCN(Cc1ccc(Cl)c(Cl)c1)C(=O)CN(C)S(C)(=O)=O. The van der Waals surface area contributed by atoms with E-state index in [0.717, 1.165) is 29.1 Å². The van der Waals surface area contributed by atoms with Gasteiger partial charge < -0.3 is 9.80 Å². The molecule has 1 rings (SSSR count). The normalized spacial score (nSPS) is 12.0. The number of hydrogen-bond acceptors (Lipinski definition) is 4. The van der Waals surface area contributed by atoms with Gasteiger partial charge in [0.25, 0.3) is 0 Å². The number of hydrogen-bond donors (Lipinski definition) is 0. The fourth-order valence-corrected chi connectivity index (χ4v) is 2.80. The Hall–Kier alpha value is -0.860. The largest absolute Gasteiger partial charge is 0.337 e. The lowest BCUT2D eigenvalue weighted by molar-refractivity contribution is -0.131. The molecule has 0 unspecified atom stereocenters. The second-order valence-corrected chi connectivity index (χ2v) is 9.14. The molecule has 6 nitrogen and oxygen atoms in total. The molecule has 0 aromatic heterocycles. The number of benzene rings is 1. The number of carbonyl (C=O) groups is 1. The van der Waals surface area contributed by atoms with Crippen LogP contribution in [0.25, 0.3) is 0 Å². The highest BCUT2D eigenvalue weighted by Gasteiger charge is 2.20. The Labute approximate surface area is 160 Å². The second kappa shape index (κ2) is 9.73. The number of carbonyl (C=O) groups excluding carboxylic acids is 1. The van der Waals surface area contributed by atoms with E-state index in [1.807, 2.05) is 19.0 Å². The maximum absolute atomic E-state index is 12.6. The summed E-state index contributed by atoms with van der Waals surface area (Å²) in [6, 6.07) is 5.21. The van der Waals surface area contributed by atoms with Crippen molar-refractivity contribution in [1.82, 2.24) is 14.1 Å². The van der Waals surface area contributed by atoms with Gasteiger partial charge in [0.15, 0.2) is 0 Å². The number of rotatable bonds is 9. The van der Waals surface area contributed by atoms with Crippen LogP contribution in [0.1, 0.15) is 12.0 Å². The smallest absolute Gasteiger partial charge is 0.238 e. The predicted octanol–water partition coefficient (Wildman–Crippen LogP) is 2.17. The van der Waals surface area contributed by atoms with E-state index in [1.165, 1.54) is 7.05 Å². The van der Waals surface area contributed by atoms with Gasteiger partial charge in [0.05, 0.1) is 22.8 Å². The minimum atomic E-state index is -3.41. The molecule has 9 heteroatoms. The van der Waals surface area contributed by atoms with Crippen LogP contribution in [0.5, 0.6) is 0 Å². The maximum Gasteiger partial charge on any atom is 0.238 e. The molecule has 0 saturated heterocycles. The molecular weight excluding hydrogens is 385 g/mol. The van der Waals surface area contributed by atoms with Gasteiger partial charge in [-0.05, 0) is 44.8 Å². The molecule has 1 amide bonds. The minimum Gasteiger partial charge on any atom is -0.337 e. The van der Waals surface area contributed by atoms with Gasteiger partial charge in [0, 0.05) is 20.1 Å². The molecule has 0 spiro atoms. The Morgan fingerprint density at radius 3 is 2.24 bits per heavy atom. The van der Waals surface area contributed by atoms with Gasteiger partial charge in [-0.2, -0.15) is 4.31 Å². The van der Waals surface area contributed by atoms with E-state index in [9.17, 15) is 13.2 Å². The summed E-state index contributed by atoms with van der Waals surface area (Å²) in [7, 11) is 1.90. The molecule has 0 N–H and O–H groups in total. The van der Waals surface area contributed by atoms with Crippen molar-refractivity contribution in [3.63, 3.8) is 0 Å². The first-order chi connectivity index (χ1) is 11.5. The van der Waals surface area contributed by atoms with Crippen LogP contribution in [-0.4, -0.2) is 75.5 Å². The van der Waals surface area contributed by atoms with Crippen LogP contribution in [0.2, 0.25) is 10.0 Å². The van der Waals surface area contributed by atoms with Gasteiger partial charge in [-0.1, -0.05) is 29.3 Å². The Bertz CT molecular complexity index is 696. The zero-order valence-electron chi connectivity index (χ0n) is 15.0. The summed E-state index contributed by atoms with van der Waals surface area (Å²) in [6.07, 6.45) is 1.86. The molecule has 0 fully saturated rings. The molecule has 0 bridgehead atoms. The van der Waals surface area contributed by atoms with Gasteiger partial charge in [0.1, 0.15) is 0 Å². The van der Waals surface area contributed by atoms with Crippen molar-refractivity contribution in [2.24, 2.45) is 0 Å². The molecule has 142 valence electrons. The van der Waals surface area contributed by atoms with Crippen LogP contribution in [0.4, 0.5) is 0 Å². The standard InChI is InChI=1S/C16H25Cl2N3O3S/c1-19(2)8-5-9-21(16(22)12-20(3)25(4,23)24)11-13-6-7-14(17)15(18)10-13/h6-7,10H,5,8-9,11-12H2,1-4H3. The summed E-state index contributed by atoms with van der Waals surface area (Å²) < 4.78 is 24.1. The van der Waals surface area contributed by atoms with Crippen LogP contribution in [0, 0.1) is 0 Å². The Morgan fingerprint density at radius 1 is 1.08 bits per heavy atom. The number of likely N-dealkylation sites (N-methyl/N-ethyl adjacent to an activating group) is 1. The van der Waals surface area contributed by atoms with Crippen molar-refractivity contribution in [1.29, 1.82) is 0 Å². The molecule has 0 heterocycles. The topological polar surface area (TPSA) is 60.9 Å².